The van der Waals surface area contributed by atoms with E-state index in [9.17, 15) is 9.90 Å². The van der Waals surface area contributed by atoms with Crippen LogP contribution in [-0.2, 0) is 0 Å². The minimum Gasteiger partial charge on any atom is -0.508 e. The molecule has 0 spiro atoms. The number of hydrogen-bond acceptors (Lipinski definition) is 4. The molecule has 0 aliphatic heterocycles. The number of hydrogen-bond donors (Lipinski definition) is 3. The average molecular weight is 283 g/mol. The molecule has 108 valence electrons. The van der Waals surface area contributed by atoms with Gasteiger partial charge in [-0.1, -0.05) is 0 Å². The van der Waals surface area contributed by atoms with E-state index in [2.05, 4.69) is 15.6 Å². The van der Waals surface area contributed by atoms with Crippen molar-refractivity contribution in [2.75, 3.05) is 10.6 Å². The number of aromatic nitrogens is 1. The summed E-state index contributed by atoms with van der Waals surface area (Å²) in [5.74, 6) is 0.770. The zero-order valence-electron chi connectivity index (χ0n) is 11.8. The van der Waals surface area contributed by atoms with E-state index in [-0.39, 0.29) is 11.7 Å². The minimum atomic E-state index is -0.214. The Balaban J connectivity index is 1.69. The summed E-state index contributed by atoms with van der Waals surface area (Å²) in [5, 5.41) is 15.5. The first kappa shape index (κ1) is 13.4. The fourth-order valence-corrected chi connectivity index (χ4v) is 2.03. The summed E-state index contributed by atoms with van der Waals surface area (Å²) in [6.07, 6.45) is 3.93. The second-order valence-electron chi connectivity index (χ2n) is 5.30. The molecule has 0 radical (unpaired) electrons. The maximum absolute atomic E-state index is 12.2. The number of rotatable bonds is 4. The normalized spacial score (nSPS) is 13.8. The highest BCUT2D eigenvalue weighted by Crippen LogP contribution is 2.24. The van der Waals surface area contributed by atoms with Crippen LogP contribution in [0.25, 0.3) is 0 Å². The molecular weight excluding hydrogens is 266 g/mol. The smallest absolute Gasteiger partial charge is 0.257 e. The van der Waals surface area contributed by atoms with E-state index in [0.717, 1.165) is 11.4 Å². The fourth-order valence-electron chi connectivity index (χ4n) is 2.03. The van der Waals surface area contributed by atoms with Crippen molar-refractivity contribution >= 4 is 17.4 Å². The summed E-state index contributed by atoms with van der Waals surface area (Å²) in [7, 11) is 0. The summed E-state index contributed by atoms with van der Waals surface area (Å²) < 4.78 is 0. The number of phenolic OH excluding ortho intramolecular Hbond substituents is 1. The number of nitrogens with one attached hydrogen (secondary N) is 2. The lowest BCUT2D eigenvalue weighted by molar-refractivity contribution is 0.102. The summed E-state index contributed by atoms with van der Waals surface area (Å²) in [5.41, 5.74) is 1.99. The minimum absolute atomic E-state index is 0.183. The zero-order valence-corrected chi connectivity index (χ0v) is 11.8. The number of benzene rings is 1. The fraction of sp³-hybridized carbons (Fsp3) is 0.250. The topological polar surface area (TPSA) is 74.2 Å². The summed E-state index contributed by atoms with van der Waals surface area (Å²) in [6.45, 7) is 1.83. The van der Waals surface area contributed by atoms with Crippen LogP contribution in [0.2, 0.25) is 0 Å². The van der Waals surface area contributed by atoms with Gasteiger partial charge in [0.25, 0.3) is 5.91 Å². The maximum atomic E-state index is 12.2. The summed E-state index contributed by atoms with van der Waals surface area (Å²) in [6, 6.07) is 8.94. The van der Waals surface area contributed by atoms with Crippen molar-refractivity contribution in [3.05, 3.63) is 47.7 Å². The van der Waals surface area contributed by atoms with Gasteiger partial charge in [0.2, 0.25) is 0 Å². The van der Waals surface area contributed by atoms with Crippen molar-refractivity contribution in [2.45, 2.75) is 25.8 Å². The largest absolute Gasteiger partial charge is 0.508 e. The molecule has 1 amide bonds. The number of pyridine rings is 1. The van der Waals surface area contributed by atoms with Gasteiger partial charge in [-0.25, -0.2) is 4.98 Å². The number of phenols is 1. The molecule has 0 atom stereocenters. The standard InChI is InChI=1S/C16H17N3O2/c1-10-8-13(20)5-6-14(10)19-16(21)11-2-7-15(17-9-11)18-12-3-4-12/h2,5-9,12,20H,3-4H2,1H3,(H,17,18)(H,19,21). The van der Waals surface area contributed by atoms with Crippen molar-refractivity contribution in [1.29, 1.82) is 0 Å². The Kier molecular flexibility index (Phi) is 3.48. The predicted octanol–water partition coefficient (Wildman–Crippen LogP) is 2.92. The van der Waals surface area contributed by atoms with Crippen LogP contribution in [0.3, 0.4) is 0 Å². The van der Waals surface area contributed by atoms with Crippen LogP contribution in [0, 0.1) is 6.92 Å². The van der Waals surface area contributed by atoms with Gasteiger partial charge in [0.15, 0.2) is 0 Å². The van der Waals surface area contributed by atoms with E-state index in [0.29, 0.717) is 17.3 Å². The first-order valence-electron chi connectivity index (χ1n) is 6.95. The Morgan fingerprint density at radius 3 is 2.71 bits per heavy atom. The monoisotopic (exact) mass is 283 g/mol. The zero-order chi connectivity index (χ0) is 14.8. The molecule has 2 aromatic rings. The number of nitrogens with zero attached hydrogens (tertiary/aromatic N) is 1. The molecular formula is C16H17N3O2. The highest BCUT2D eigenvalue weighted by atomic mass is 16.3. The molecule has 0 bridgehead atoms. The van der Waals surface area contributed by atoms with Crippen LogP contribution >= 0.6 is 0 Å². The van der Waals surface area contributed by atoms with Crippen LogP contribution in [0.1, 0.15) is 28.8 Å². The SMILES string of the molecule is Cc1cc(O)ccc1NC(=O)c1ccc(NC2CC2)nc1. The Hall–Kier alpha value is -2.56. The first-order valence-corrected chi connectivity index (χ1v) is 6.95. The third-order valence-electron chi connectivity index (χ3n) is 3.41. The molecule has 0 unspecified atom stereocenters. The summed E-state index contributed by atoms with van der Waals surface area (Å²) >= 11 is 0. The van der Waals surface area contributed by atoms with Gasteiger partial charge in [0, 0.05) is 17.9 Å². The van der Waals surface area contributed by atoms with Crippen LogP contribution in [-0.4, -0.2) is 22.0 Å². The van der Waals surface area contributed by atoms with Crippen LogP contribution in [0.4, 0.5) is 11.5 Å². The van der Waals surface area contributed by atoms with Crippen molar-refractivity contribution < 1.29 is 9.90 Å². The molecule has 1 fully saturated rings. The van der Waals surface area contributed by atoms with Crippen molar-refractivity contribution in [2.24, 2.45) is 0 Å². The lowest BCUT2D eigenvalue weighted by atomic mass is 10.1. The van der Waals surface area contributed by atoms with E-state index >= 15 is 0 Å². The Morgan fingerprint density at radius 1 is 1.29 bits per heavy atom. The number of carbonyl (C=O) groups is 1. The molecule has 1 saturated carbocycles. The van der Waals surface area contributed by atoms with Crippen molar-refractivity contribution in [3.63, 3.8) is 0 Å². The van der Waals surface area contributed by atoms with E-state index in [1.54, 1.807) is 30.5 Å². The molecule has 1 heterocycles. The van der Waals surface area contributed by atoms with Gasteiger partial charge in [0.05, 0.1) is 5.56 Å². The maximum Gasteiger partial charge on any atom is 0.257 e. The van der Waals surface area contributed by atoms with Gasteiger partial charge >= 0.3 is 0 Å². The van der Waals surface area contributed by atoms with Gasteiger partial charge in [-0.3, -0.25) is 4.79 Å². The Labute approximate surface area is 123 Å². The molecule has 1 aromatic heterocycles. The number of aryl methyl sites for hydroxylation is 1. The Morgan fingerprint density at radius 2 is 2.10 bits per heavy atom. The lowest BCUT2D eigenvalue weighted by Gasteiger charge is -2.09. The van der Waals surface area contributed by atoms with Crippen LogP contribution in [0.5, 0.6) is 5.75 Å². The molecule has 3 N–H and O–H groups in total. The van der Waals surface area contributed by atoms with E-state index < -0.39 is 0 Å². The molecule has 0 saturated heterocycles. The average Bonchev–Trinajstić information content (AvgIpc) is 3.26. The second kappa shape index (κ2) is 5.44. The third-order valence-corrected chi connectivity index (χ3v) is 3.41. The molecule has 1 aliphatic carbocycles. The predicted molar refractivity (Wildman–Crippen MR) is 81.7 cm³/mol. The number of aromatic hydroxyl groups is 1. The van der Waals surface area contributed by atoms with Gasteiger partial charge < -0.3 is 15.7 Å². The number of anilines is 2. The third kappa shape index (κ3) is 3.31. The highest BCUT2D eigenvalue weighted by Gasteiger charge is 2.21. The van der Waals surface area contributed by atoms with E-state index in [1.165, 1.54) is 12.8 Å². The molecule has 5 nitrogen and oxygen atoms in total. The van der Waals surface area contributed by atoms with E-state index in [1.807, 2.05) is 13.0 Å². The molecule has 21 heavy (non-hydrogen) atoms. The van der Waals surface area contributed by atoms with Crippen molar-refractivity contribution in [1.82, 2.24) is 4.98 Å². The quantitative estimate of drug-likeness (QED) is 0.754. The Bertz CT molecular complexity index is 664. The van der Waals surface area contributed by atoms with Gasteiger partial charge in [-0.15, -0.1) is 0 Å². The first-order chi connectivity index (χ1) is 10.1. The molecule has 3 rings (SSSR count). The van der Waals surface area contributed by atoms with Crippen LogP contribution < -0.4 is 10.6 Å². The molecule has 1 aromatic carbocycles. The van der Waals surface area contributed by atoms with Gasteiger partial charge in [-0.2, -0.15) is 0 Å². The van der Waals surface area contributed by atoms with Gasteiger partial charge in [0.1, 0.15) is 11.6 Å². The van der Waals surface area contributed by atoms with E-state index in [4.69, 9.17) is 0 Å². The lowest BCUT2D eigenvalue weighted by Crippen LogP contribution is -2.13. The molecule has 1 aliphatic rings. The van der Waals surface area contributed by atoms with Gasteiger partial charge in [-0.05, 0) is 55.7 Å². The number of carbonyl (C=O) groups excluding carboxylic acids is 1. The molecule has 5 heteroatoms. The summed E-state index contributed by atoms with van der Waals surface area (Å²) in [4.78, 5) is 16.4. The van der Waals surface area contributed by atoms with Crippen molar-refractivity contribution in [3.8, 4) is 5.75 Å². The number of amides is 1. The second-order valence-corrected chi connectivity index (χ2v) is 5.30. The highest BCUT2D eigenvalue weighted by molar-refractivity contribution is 6.04. The van der Waals surface area contributed by atoms with Crippen LogP contribution in [0.15, 0.2) is 36.5 Å².